The normalized spacial score (nSPS) is 13.5. The highest BCUT2D eigenvalue weighted by molar-refractivity contribution is 6.33. The summed E-state index contributed by atoms with van der Waals surface area (Å²) in [6, 6.07) is 9.76. The van der Waals surface area contributed by atoms with Crippen LogP contribution in [0.4, 0.5) is 5.69 Å². The van der Waals surface area contributed by atoms with Crippen molar-refractivity contribution in [2.75, 3.05) is 18.6 Å². The Hall–Kier alpha value is -2.73. The van der Waals surface area contributed by atoms with Gasteiger partial charge in [0.05, 0.1) is 22.4 Å². The summed E-state index contributed by atoms with van der Waals surface area (Å²) in [6.07, 6.45) is 0. The first-order chi connectivity index (χ1) is 11.5. The van der Waals surface area contributed by atoms with E-state index in [0.717, 1.165) is 5.56 Å². The van der Waals surface area contributed by atoms with Crippen LogP contribution in [-0.4, -0.2) is 24.9 Å². The maximum atomic E-state index is 10.9. The molecule has 124 valence electrons. The lowest BCUT2D eigenvalue weighted by molar-refractivity contribution is -0.255. The van der Waals surface area contributed by atoms with Crippen LogP contribution in [-0.2, 0) is 0 Å². The standard InChI is InChI=1S/C17H15ClN2O4/c1-10(11-3-5-15-16(9-11)24-7-6-23-15)19-20-14-8-12(17(21)22)2-4-13(14)18/h2-5,8-9,20H,6-7H2,1H3,(H,21,22)/p-1/b19-10-. The van der Waals surface area contributed by atoms with Crippen molar-refractivity contribution in [1.82, 2.24) is 0 Å². The third-order valence-corrected chi connectivity index (χ3v) is 3.84. The number of hydrazone groups is 1. The Kier molecular flexibility index (Phi) is 4.57. The number of nitrogens with zero attached hydrogens (tertiary/aromatic N) is 1. The predicted molar refractivity (Wildman–Crippen MR) is 89.0 cm³/mol. The van der Waals surface area contributed by atoms with Crippen LogP contribution in [0.2, 0.25) is 5.02 Å². The number of aromatic carboxylic acids is 1. The average molecular weight is 346 g/mol. The van der Waals surface area contributed by atoms with Gasteiger partial charge in [-0.1, -0.05) is 17.7 Å². The number of anilines is 1. The van der Waals surface area contributed by atoms with Crippen LogP contribution in [0.25, 0.3) is 0 Å². The zero-order chi connectivity index (χ0) is 17.1. The van der Waals surface area contributed by atoms with Crippen LogP contribution >= 0.6 is 11.6 Å². The van der Waals surface area contributed by atoms with E-state index >= 15 is 0 Å². The second-order valence-electron chi connectivity index (χ2n) is 5.15. The zero-order valence-corrected chi connectivity index (χ0v) is 13.6. The number of nitrogens with one attached hydrogen (secondary N) is 1. The SMILES string of the molecule is C/C(=N/Nc1cc(C(=O)[O-])ccc1Cl)c1ccc2c(c1)OCCO2. The quantitative estimate of drug-likeness (QED) is 0.679. The predicted octanol–water partition coefficient (Wildman–Crippen LogP) is 2.31. The molecule has 2 aromatic carbocycles. The fourth-order valence-electron chi connectivity index (χ4n) is 2.21. The number of carboxylic acids is 1. The molecule has 24 heavy (non-hydrogen) atoms. The van der Waals surface area contributed by atoms with Crippen LogP contribution in [0.1, 0.15) is 22.8 Å². The number of hydrogen-bond donors (Lipinski definition) is 1. The molecular formula is C17H14ClN2O4-. The molecule has 0 saturated heterocycles. The van der Waals surface area contributed by atoms with E-state index in [2.05, 4.69) is 10.5 Å². The molecular weight excluding hydrogens is 332 g/mol. The van der Waals surface area contributed by atoms with Crippen molar-refractivity contribution in [2.45, 2.75) is 6.92 Å². The Morgan fingerprint density at radius 1 is 1.12 bits per heavy atom. The number of halogens is 1. The van der Waals surface area contributed by atoms with E-state index in [9.17, 15) is 9.90 Å². The minimum atomic E-state index is -1.28. The molecule has 1 heterocycles. The third-order valence-electron chi connectivity index (χ3n) is 3.51. The molecule has 0 amide bonds. The van der Waals surface area contributed by atoms with E-state index in [1.807, 2.05) is 25.1 Å². The van der Waals surface area contributed by atoms with Crippen molar-refractivity contribution < 1.29 is 19.4 Å². The highest BCUT2D eigenvalue weighted by atomic mass is 35.5. The smallest absolute Gasteiger partial charge is 0.162 e. The Morgan fingerprint density at radius 3 is 2.58 bits per heavy atom. The minimum absolute atomic E-state index is 0.0223. The van der Waals surface area contributed by atoms with Gasteiger partial charge in [0.15, 0.2) is 11.5 Å². The van der Waals surface area contributed by atoms with Crippen molar-refractivity contribution >= 4 is 29.0 Å². The Labute approximate surface area is 143 Å². The fourth-order valence-corrected chi connectivity index (χ4v) is 2.37. The first kappa shape index (κ1) is 16.1. The number of carbonyl (C=O) groups is 1. The number of hydrogen-bond acceptors (Lipinski definition) is 6. The Bertz CT molecular complexity index is 820. The lowest BCUT2D eigenvalue weighted by Gasteiger charge is -2.18. The molecule has 2 aromatic rings. The molecule has 0 saturated carbocycles. The molecule has 0 fully saturated rings. The van der Waals surface area contributed by atoms with E-state index in [4.69, 9.17) is 21.1 Å². The molecule has 7 heteroatoms. The Morgan fingerprint density at radius 2 is 1.83 bits per heavy atom. The molecule has 0 atom stereocenters. The lowest BCUT2D eigenvalue weighted by atomic mass is 10.1. The molecule has 0 aromatic heterocycles. The van der Waals surface area contributed by atoms with Gasteiger partial charge in [0.1, 0.15) is 13.2 Å². The first-order valence-electron chi connectivity index (χ1n) is 7.26. The zero-order valence-electron chi connectivity index (χ0n) is 12.8. The van der Waals surface area contributed by atoms with Crippen LogP contribution in [0.5, 0.6) is 11.5 Å². The maximum Gasteiger partial charge on any atom is 0.162 e. The number of ether oxygens (including phenoxy) is 2. The van der Waals surface area contributed by atoms with Gasteiger partial charge in [-0.3, -0.25) is 5.43 Å². The topological polar surface area (TPSA) is 83.0 Å². The molecule has 0 radical (unpaired) electrons. The van der Waals surface area contributed by atoms with Crippen molar-refractivity contribution in [1.29, 1.82) is 0 Å². The van der Waals surface area contributed by atoms with Gasteiger partial charge in [0, 0.05) is 5.56 Å². The van der Waals surface area contributed by atoms with E-state index < -0.39 is 5.97 Å². The highest BCUT2D eigenvalue weighted by Gasteiger charge is 2.12. The molecule has 0 aliphatic carbocycles. The van der Waals surface area contributed by atoms with Gasteiger partial charge in [-0.2, -0.15) is 5.10 Å². The average Bonchev–Trinajstić information content (AvgIpc) is 2.60. The third kappa shape index (κ3) is 3.44. The number of carboxylic acid groups (broad SMARTS) is 1. The van der Waals surface area contributed by atoms with Gasteiger partial charge in [0.2, 0.25) is 0 Å². The summed E-state index contributed by atoms with van der Waals surface area (Å²) in [4.78, 5) is 10.9. The van der Waals surface area contributed by atoms with Gasteiger partial charge < -0.3 is 19.4 Å². The summed E-state index contributed by atoms with van der Waals surface area (Å²) in [6.45, 7) is 2.86. The van der Waals surface area contributed by atoms with Crippen molar-refractivity contribution in [2.24, 2.45) is 5.10 Å². The van der Waals surface area contributed by atoms with E-state index in [-0.39, 0.29) is 5.56 Å². The summed E-state index contributed by atoms with van der Waals surface area (Å²) >= 11 is 6.04. The highest BCUT2D eigenvalue weighted by Crippen LogP contribution is 2.31. The van der Waals surface area contributed by atoms with Crippen LogP contribution in [0, 0.1) is 0 Å². The van der Waals surface area contributed by atoms with Crippen LogP contribution in [0.15, 0.2) is 41.5 Å². The summed E-state index contributed by atoms with van der Waals surface area (Å²) in [5.41, 5.74) is 4.71. The lowest BCUT2D eigenvalue weighted by Crippen LogP contribution is -2.22. The Balaban J connectivity index is 1.82. The van der Waals surface area contributed by atoms with Gasteiger partial charge in [-0.15, -0.1) is 0 Å². The van der Waals surface area contributed by atoms with Crippen molar-refractivity contribution in [3.63, 3.8) is 0 Å². The number of carbonyl (C=O) groups excluding carboxylic acids is 1. The van der Waals surface area contributed by atoms with Gasteiger partial charge >= 0.3 is 0 Å². The number of rotatable bonds is 4. The molecule has 1 aliphatic heterocycles. The van der Waals surface area contributed by atoms with E-state index in [1.54, 1.807) is 0 Å². The second kappa shape index (κ2) is 6.80. The molecule has 1 aliphatic rings. The van der Waals surface area contributed by atoms with Gasteiger partial charge in [-0.05, 0) is 42.8 Å². The first-order valence-corrected chi connectivity index (χ1v) is 7.63. The van der Waals surface area contributed by atoms with E-state index in [0.29, 0.717) is 41.1 Å². The molecule has 3 rings (SSSR count). The molecule has 0 unspecified atom stereocenters. The van der Waals surface area contributed by atoms with E-state index in [1.165, 1.54) is 18.2 Å². The summed E-state index contributed by atoms with van der Waals surface area (Å²) < 4.78 is 11.0. The number of fused-ring (bicyclic) bond motifs is 1. The van der Waals surface area contributed by atoms with Gasteiger partial charge in [-0.25, -0.2) is 0 Å². The molecule has 1 N–H and O–H groups in total. The number of benzene rings is 2. The largest absolute Gasteiger partial charge is 0.545 e. The molecule has 6 nitrogen and oxygen atoms in total. The van der Waals surface area contributed by atoms with Crippen molar-refractivity contribution in [3.05, 3.63) is 52.5 Å². The van der Waals surface area contributed by atoms with Crippen LogP contribution in [0.3, 0.4) is 0 Å². The van der Waals surface area contributed by atoms with Crippen molar-refractivity contribution in [3.8, 4) is 11.5 Å². The molecule has 0 spiro atoms. The second-order valence-corrected chi connectivity index (χ2v) is 5.56. The summed E-state index contributed by atoms with van der Waals surface area (Å²) in [7, 11) is 0. The minimum Gasteiger partial charge on any atom is -0.545 e. The maximum absolute atomic E-state index is 10.9. The van der Waals surface area contributed by atoms with Crippen LogP contribution < -0.4 is 20.0 Å². The summed E-state index contributed by atoms with van der Waals surface area (Å²) in [5, 5.41) is 15.5. The summed E-state index contributed by atoms with van der Waals surface area (Å²) in [5.74, 6) is 0.1000. The monoisotopic (exact) mass is 345 g/mol. The van der Waals surface area contributed by atoms with Gasteiger partial charge in [0.25, 0.3) is 0 Å². The molecule has 0 bridgehead atoms. The fraction of sp³-hybridized carbons (Fsp3) is 0.176.